The molecule has 0 spiro atoms. The molecule has 0 saturated carbocycles. The highest BCUT2D eigenvalue weighted by molar-refractivity contribution is 6.33. The number of rotatable bonds is 4. The molecule has 0 aliphatic rings. The summed E-state index contributed by atoms with van der Waals surface area (Å²) in [5, 5.41) is 11.1. The van der Waals surface area contributed by atoms with Crippen molar-refractivity contribution in [1.82, 2.24) is 0 Å². The summed E-state index contributed by atoms with van der Waals surface area (Å²) in [5.74, 6) is 0.789. The Hall–Kier alpha value is -1.82. The summed E-state index contributed by atoms with van der Waals surface area (Å²) in [6.45, 7) is 0.378. The number of nitro groups is 1. The summed E-state index contributed by atoms with van der Waals surface area (Å²) in [6, 6.07) is 9.27. The van der Waals surface area contributed by atoms with Crippen molar-refractivity contribution < 1.29 is 9.66 Å². The van der Waals surface area contributed by atoms with Crippen LogP contribution in [0.25, 0.3) is 0 Å². The molecule has 2 aromatic carbocycles. The van der Waals surface area contributed by atoms with Crippen LogP contribution in [0.3, 0.4) is 0 Å². The number of nitro benzene ring substituents is 1. The van der Waals surface area contributed by atoms with Crippen LogP contribution < -0.4 is 10.5 Å². The smallest absolute Gasteiger partial charge is 0.288 e. The Balaban J connectivity index is 2.26. The fourth-order valence-corrected chi connectivity index (χ4v) is 2.06. The van der Waals surface area contributed by atoms with E-state index < -0.39 is 4.92 Å². The molecule has 20 heavy (non-hydrogen) atoms. The highest BCUT2D eigenvalue weighted by atomic mass is 35.5. The zero-order valence-corrected chi connectivity index (χ0v) is 11.7. The number of ether oxygens (including phenoxy) is 1. The molecule has 0 amide bonds. The van der Waals surface area contributed by atoms with Gasteiger partial charge in [0, 0.05) is 18.7 Å². The molecule has 0 aliphatic heterocycles. The lowest BCUT2D eigenvalue weighted by Crippen LogP contribution is -1.96. The molecule has 0 fully saturated rings. The number of benzene rings is 2. The number of hydrogen-bond donors (Lipinski definition) is 1. The van der Waals surface area contributed by atoms with Crippen LogP contribution in [0.2, 0.25) is 10.0 Å². The summed E-state index contributed by atoms with van der Waals surface area (Å²) in [7, 11) is 0. The first-order chi connectivity index (χ1) is 9.51. The number of nitrogens with zero attached hydrogens (tertiary/aromatic N) is 1. The van der Waals surface area contributed by atoms with Gasteiger partial charge in [-0.25, -0.2) is 0 Å². The van der Waals surface area contributed by atoms with E-state index in [0.29, 0.717) is 23.1 Å². The minimum Gasteiger partial charge on any atom is -0.456 e. The molecule has 5 nitrogen and oxygen atoms in total. The Kier molecular flexibility index (Phi) is 4.44. The first-order valence-electron chi connectivity index (χ1n) is 5.61. The minimum atomic E-state index is -0.560. The first-order valence-corrected chi connectivity index (χ1v) is 6.37. The van der Waals surface area contributed by atoms with Crippen LogP contribution in [0.5, 0.6) is 11.5 Å². The van der Waals surface area contributed by atoms with Gasteiger partial charge in [-0.1, -0.05) is 29.3 Å². The molecule has 0 atom stereocenters. The summed E-state index contributed by atoms with van der Waals surface area (Å²) in [6.07, 6.45) is 0. The highest BCUT2D eigenvalue weighted by Crippen LogP contribution is 2.34. The third-order valence-corrected chi connectivity index (χ3v) is 3.17. The van der Waals surface area contributed by atoms with Crippen molar-refractivity contribution >= 4 is 28.9 Å². The van der Waals surface area contributed by atoms with E-state index in [0.717, 1.165) is 5.56 Å². The maximum Gasteiger partial charge on any atom is 0.288 e. The molecule has 7 heteroatoms. The standard InChI is InChI=1S/C13H10Cl2N2O3/c14-10-6-9(2-3-12(10)17(18)19)20-13-4-1-8(7-16)5-11(13)15/h1-6H,7,16H2. The molecule has 0 unspecified atom stereocenters. The maximum atomic E-state index is 10.7. The fraction of sp³-hybridized carbons (Fsp3) is 0.0769. The van der Waals surface area contributed by atoms with Gasteiger partial charge in [-0.05, 0) is 23.8 Å². The molecule has 104 valence electrons. The van der Waals surface area contributed by atoms with E-state index in [1.165, 1.54) is 18.2 Å². The van der Waals surface area contributed by atoms with Crippen LogP contribution in [0, 0.1) is 10.1 Å². The van der Waals surface area contributed by atoms with Crippen molar-refractivity contribution in [2.24, 2.45) is 5.73 Å². The predicted octanol–water partition coefficient (Wildman–Crippen LogP) is 4.15. The molecular formula is C13H10Cl2N2O3. The van der Waals surface area contributed by atoms with Crippen molar-refractivity contribution in [2.45, 2.75) is 6.54 Å². The lowest BCUT2D eigenvalue weighted by molar-refractivity contribution is -0.384. The second-order valence-electron chi connectivity index (χ2n) is 3.94. The zero-order valence-electron chi connectivity index (χ0n) is 10.2. The minimum absolute atomic E-state index is 0.00204. The molecule has 0 heterocycles. The third-order valence-electron chi connectivity index (χ3n) is 2.58. The second-order valence-corrected chi connectivity index (χ2v) is 4.76. The van der Waals surface area contributed by atoms with Crippen molar-refractivity contribution in [1.29, 1.82) is 0 Å². The Morgan fingerprint density at radius 1 is 1.15 bits per heavy atom. The molecule has 0 aromatic heterocycles. The fourth-order valence-electron chi connectivity index (χ4n) is 1.58. The van der Waals surface area contributed by atoms with Gasteiger partial charge in [0.15, 0.2) is 0 Å². The van der Waals surface area contributed by atoms with Crippen LogP contribution >= 0.6 is 23.2 Å². The number of nitrogens with two attached hydrogens (primary N) is 1. The molecule has 0 aliphatic carbocycles. The van der Waals surface area contributed by atoms with Crippen molar-refractivity contribution in [3.8, 4) is 11.5 Å². The largest absolute Gasteiger partial charge is 0.456 e. The highest BCUT2D eigenvalue weighted by Gasteiger charge is 2.13. The summed E-state index contributed by atoms with van der Waals surface area (Å²) >= 11 is 11.9. The van der Waals surface area contributed by atoms with Crippen LogP contribution in [-0.4, -0.2) is 4.92 Å². The molecule has 2 aromatic rings. The van der Waals surface area contributed by atoms with Gasteiger partial charge in [-0.15, -0.1) is 0 Å². The molecule has 0 bridgehead atoms. The molecule has 0 radical (unpaired) electrons. The van der Waals surface area contributed by atoms with E-state index in [2.05, 4.69) is 0 Å². The topological polar surface area (TPSA) is 78.4 Å². The van der Waals surface area contributed by atoms with Gasteiger partial charge in [0.05, 0.1) is 9.95 Å². The van der Waals surface area contributed by atoms with E-state index in [-0.39, 0.29) is 10.7 Å². The van der Waals surface area contributed by atoms with Crippen LogP contribution in [0.4, 0.5) is 5.69 Å². The summed E-state index contributed by atoms with van der Waals surface area (Å²) < 4.78 is 5.54. The van der Waals surface area contributed by atoms with E-state index in [1.807, 2.05) is 0 Å². The normalized spacial score (nSPS) is 10.3. The lowest BCUT2D eigenvalue weighted by Gasteiger charge is -2.09. The van der Waals surface area contributed by atoms with Crippen molar-refractivity contribution in [3.63, 3.8) is 0 Å². The third kappa shape index (κ3) is 3.19. The predicted molar refractivity (Wildman–Crippen MR) is 77.5 cm³/mol. The van der Waals surface area contributed by atoms with E-state index >= 15 is 0 Å². The summed E-state index contributed by atoms with van der Waals surface area (Å²) in [5.41, 5.74) is 6.21. The molecule has 0 saturated heterocycles. The molecule has 2 N–H and O–H groups in total. The number of hydrogen-bond acceptors (Lipinski definition) is 4. The van der Waals surface area contributed by atoms with Crippen molar-refractivity contribution in [2.75, 3.05) is 0 Å². The first kappa shape index (κ1) is 14.6. The Labute approximate surface area is 125 Å². The average Bonchev–Trinajstić information content (AvgIpc) is 2.40. The Bertz CT molecular complexity index is 662. The number of halogens is 2. The molecular weight excluding hydrogens is 303 g/mol. The lowest BCUT2D eigenvalue weighted by atomic mass is 10.2. The van der Waals surface area contributed by atoms with Crippen molar-refractivity contribution in [3.05, 3.63) is 62.1 Å². The summed E-state index contributed by atoms with van der Waals surface area (Å²) in [4.78, 5) is 10.1. The Morgan fingerprint density at radius 2 is 1.90 bits per heavy atom. The SMILES string of the molecule is NCc1ccc(Oc2ccc([N+](=O)[O-])c(Cl)c2)c(Cl)c1. The van der Waals surface area contributed by atoms with E-state index in [1.54, 1.807) is 18.2 Å². The molecule has 2 rings (SSSR count). The van der Waals surface area contributed by atoms with Gasteiger partial charge in [-0.2, -0.15) is 0 Å². The van der Waals surface area contributed by atoms with E-state index in [4.69, 9.17) is 33.7 Å². The van der Waals surface area contributed by atoms with Gasteiger partial charge in [0.1, 0.15) is 16.5 Å². The Morgan fingerprint density at radius 3 is 2.45 bits per heavy atom. The monoisotopic (exact) mass is 312 g/mol. The van der Waals surface area contributed by atoms with Gasteiger partial charge < -0.3 is 10.5 Å². The second kappa shape index (κ2) is 6.09. The van der Waals surface area contributed by atoms with Gasteiger partial charge in [0.2, 0.25) is 0 Å². The quantitative estimate of drug-likeness (QED) is 0.679. The van der Waals surface area contributed by atoms with Gasteiger partial charge >= 0.3 is 0 Å². The van der Waals surface area contributed by atoms with Gasteiger partial charge in [0.25, 0.3) is 5.69 Å². The zero-order chi connectivity index (χ0) is 14.7. The van der Waals surface area contributed by atoms with Crippen LogP contribution in [0.1, 0.15) is 5.56 Å². The van der Waals surface area contributed by atoms with Crippen LogP contribution in [-0.2, 0) is 6.54 Å². The van der Waals surface area contributed by atoms with Crippen LogP contribution in [0.15, 0.2) is 36.4 Å². The van der Waals surface area contributed by atoms with Gasteiger partial charge in [-0.3, -0.25) is 10.1 Å². The van der Waals surface area contributed by atoms with E-state index in [9.17, 15) is 10.1 Å². The average molecular weight is 313 g/mol. The maximum absolute atomic E-state index is 10.7.